The molecule has 3 aromatic rings. The summed E-state index contributed by atoms with van der Waals surface area (Å²) in [7, 11) is -3.89. The minimum Gasteiger partial charge on any atom is -0.324 e. The Labute approximate surface area is 186 Å². The van der Waals surface area contributed by atoms with Gasteiger partial charge in [0.05, 0.1) is 16.6 Å². The van der Waals surface area contributed by atoms with E-state index in [0.29, 0.717) is 10.6 Å². The average Bonchev–Trinajstić information content (AvgIpc) is 2.75. The predicted octanol–water partition coefficient (Wildman–Crippen LogP) is 4.18. The summed E-state index contributed by atoms with van der Waals surface area (Å²) < 4.78 is 27.5. The van der Waals surface area contributed by atoms with E-state index in [9.17, 15) is 18.0 Å². The van der Waals surface area contributed by atoms with Gasteiger partial charge in [0.1, 0.15) is 0 Å². The Morgan fingerprint density at radius 1 is 0.935 bits per heavy atom. The minimum absolute atomic E-state index is 0.0594. The molecule has 31 heavy (non-hydrogen) atoms. The summed E-state index contributed by atoms with van der Waals surface area (Å²) >= 11 is 6.06. The van der Waals surface area contributed by atoms with Crippen LogP contribution in [0.4, 0.5) is 5.69 Å². The maximum Gasteiger partial charge on any atom is 0.242 e. The Kier molecular flexibility index (Phi) is 6.90. The molecule has 6 nitrogen and oxygen atoms in total. The van der Waals surface area contributed by atoms with Crippen LogP contribution in [0.5, 0.6) is 0 Å². The van der Waals surface area contributed by atoms with Gasteiger partial charge >= 0.3 is 0 Å². The molecular formula is C23H21ClN2O4S. The van der Waals surface area contributed by atoms with E-state index in [1.807, 2.05) is 6.92 Å². The number of carbonyl (C=O) groups is 2. The molecule has 0 bridgehead atoms. The molecule has 0 heterocycles. The molecule has 3 aromatic carbocycles. The van der Waals surface area contributed by atoms with Gasteiger partial charge < -0.3 is 5.32 Å². The molecule has 8 heteroatoms. The lowest BCUT2D eigenvalue weighted by atomic mass is 10.0. The number of anilines is 1. The van der Waals surface area contributed by atoms with Crippen LogP contribution in [0, 0.1) is 6.92 Å². The molecule has 2 N–H and O–H groups in total. The fourth-order valence-corrected chi connectivity index (χ4v) is 4.25. The molecule has 160 valence electrons. The Morgan fingerprint density at radius 2 is 1.58 bits per heavy atom. The zero-order valence-electron chi connectivity index (χ0n) is 16.9. The summed E-state index contributed by atoms with van der Waals surface area (Å²) in [6.07, 6.45) is 0. The molecule has 0 saturated heterocycles. The lowest BCUT2D eigenvalue weighted by molar-refractivity contribution is -0.117. The number of hydrogen-bond donors (Lipinski definition) is 2. The van der Waals surface area contributed by atoms with E-state index < -0.39 is 22.0 Å². The highest BCUT2D eigenvalue weighted by Gasteiger charge is 2.23. The van der Waals surface area contributed by atoms with Crippen molar-refractivity contribution < 1.29 is 18.0 Å². The van der Waals surface area contributed by atoms with Gasteiger partial charge in [0, 0.05) is 16.1 Å². The van der Waals surface area contributed by atoms with E-state index in [1.165, 1.54) is 31.2 Å². The summed E-state index contributed by atoms with van der Waals surface area (Å²) in [6.45, 7) is 3.27. The number of sulfonamides is 1. The molecule has 0 aliphatic rings. The fourth-order valence-electron chi connectivity index (χ4n) is 2.87. The van der Waals surface area contributed by atoms with Crippen molar-refractivity contribution in [2.75, 3.05) is 5.32 Å². The first-order valence-electron chi connectivity index (χ1n) is 9.46. The van der Waals surface area contributed by atoms with Crippen molar-refractivity contribution in [1.82, 2.24) is 4.72 Å². The topological polar surface area (TPSA) is 92.3 Å². The molecule has 0 aliphatic heterocycles. The van der Waals surface area contributed by atoms with E-state index >= 15 is 0 Å². The zero-order chi connectivity index (χ0) is 22.6. The number of rotatable bonds is 7. The van der Waals surface area contributed by atoms with Gasteiger partial charge in [-0.3, -0.25) is 9.59 Å². The van der Waals surface area contributed by atoms with E-state index in [0.717, 1.165) is 5.56 Å². The molecule has 3 rings (SSSR count). The summed E-state index contributed by atoms with van der Waals surface area (Å²) in [5.74, 6) is -0.925. The summed E-state index contributed by atoms with van der Waals surface area (Å²) in [5, 5.41) is 2.96. The highest BCUT2D eigenvalue weighted by Crippen LogP contribution is 2.24. The van der Waals surface area contributed by atoms with Crippen LogP contribution in [-0.2, 0) is 14.8 Å². The Balaban J connectivity index is 1.80. The van der Waals surface area contributed by atoms with Crippen LogP contribution in [0.3, 0.4) is 0 Å². The maximum absolute atomic E-state index is 12.9. The number of halogens is 1. The van der Waals surface area contributed by atoms with Gasteiger partial charge in [0.15, 0.2) is 5.78 Å². The molecule has 0 spiro atoms. The van der Waals surface area contributed by atoms with Crippen LogP contribution in [0.1, 0.15) is 28.4 Å². The van der Waals surface area contributed by atoms with Gasteiger partial charge in [0.25, 0.3) is 0 Å². The normalized spacial score (nSPS) is 12.2. The van der Waals surface area contributed by atoms with Crippen molar-refractivity contribution in [2.45, 2.75) is 24.8 Å². The second-order valence-electron chi connectivity index (χ2n) is 7.03. The van der Waals surface area contributed by atoms with Crippen molar-refractivity contribution in [2.24, 2.45) is 0 Å². The van der Waals surface area contributed by atoms with Crippen LogP contribution in [0.2, 0.25) is 5.02 Å². The lowest BCUT2D eigenvalue weighted by Crippen LogP contribution is -2.41. The minimum atomic E-state index is -3.89. The predicted molar refractivity (Wildman–Crippen MR) is 121 cm³/mol. The number of carbonyl (C=O) groups excluding carboxylic acids is 2. The smallest absolute Gasteiger partial charge is 0.242 e. The van der Waals surface area contributed by atoms with Gasteiger partial charge in [-0.05, 0) is 44.2 Å². The van der Waals surface area contributed by atoms with Crippen LogP contribution in [-0.4, -0.2) is 26.2 Å². The second kappa shape index (κ2) is 9.43. The van der Waals surface area contributed by atoms with E-state index in [1.54, 1.807) is 48.5 Å². The summed E-state index contributed by atoms with van der Waals surface area (Å²) in [4.78, 5) is 25.6. The van der Waals surface area contributed by atoms with Crippen LogP contribution < -0.4 is 10.0 Å². The van der Waals surface area contributed by atoms with Crippen molar-refractivity contribution >= 4 is 39.0 Å². The number of amides is 1. The quantitative estimate of drug-likeness (QED) is 0.521. The van der Waals surface area contributed by atoms with Gasteiger partial charge in [-0.1, -0.05) is 59.6 Å². The van der Waals surface area contributed by atoms with Crippen molar-refractivity contribution in [3.05, 3.63) is 94.5 Å². The number of hydrogen-bond acceptors (Lipinski definition) is 4. The van der Waals surface area contributed by atoms with Crippen molar-refractivity contribution in [1.29, 1.82) is 0 Å². The second-order valence-corrected chi connectivity index (χ2v) is 9.18. The fraction of sp³-hybridized carbons (Fsp3) is 0.130. The molecule has 1 atom stereocenters. The first-order chi connectivity index (χ1) is 14.7. The molecule has 0 radical (unpaired) electrons. The number of nitrogens with one attached hydrogen (secondary N) is 2. The van der Waals surface area contributed by atoms with Crippen molar-refractivity contribution in [3.8, 4) is 0 Å². The van der Waals surface area contributed by atoms with Crippen molar-refractivity contribution in [3.63, 3.8) is 0 Å². The number of benzene rings is 3. The SMILES string of the molecule is Cc1ccc(S(=O)(=O)N[C@H](C)C(=O)Nc2ccc(Cl)cc2C(=O)c2ccccc2)cc1. The van der Waals surface area contributed by atoms with Gasteiger partial charge in [-0.2, -0.15) is 4.72 Å². The monoisotopic (exact) mass is 456 g/mol. The standard InChI is InChI=1S/C23H21ClN2O4S/c1-15-8-11-19(12-9-15)31(29,30)26-16(2)23(28)25-21-13-10-18(24)14-20(21)22(27)17-6-4-3-5-7-17/h3-14,16,26H,1-2H3,(H,25,28)/t16-/m1/s1. The van der Waals surface area contributed by atoms with Gasteiger partial charge in [0.2, 0.25) is 15.9 Å². The van der Waals surface area contributed by atoms with E-state index in [2.05, 4.69) is 10.0 Å². The maximum atomic E-state index is 12.9. The number of aryl methyl sites for hydroxylation is 1. The highest BCUT2D eigenvalue weighted by molar-refractivity contribution is 7.89. The molecule has 1 amide bonds. The van der Waals surface area contributed by atoms with Gasteiger partial charge in [-0.25, -0.2) is 8.42 Å². The Bertz CT molecular complexity index is 1210. The van der Waals surface area contributed by atoms with E-state index in [-0.39, 0.29) is 21.9 Å². The third-order valence-corrected chi connectivity index (χ3v) is 6.37. The molecule has 0 unspecified atom stereocenters. The molecular weight excluding hydrogens is 436 g/mol. The van der Waals surface area contributed by atoms with E-state index in [4.69, 9.17) is 11.6 Å². The third kappa shape index (κ3) is 5.58. The highest BCUT2D eigenvalue weighted by atomic mass is 35.5. The first-order valence-corrected chi connectivity index (χ1v) is 11.3. The lowest BCUT2D eigenvalue weighted by Gasteiger charge is -2.16. The molecule has 0 saturated carbocycles. The van der Waals surface area contributed by atoms with Crippen LogP contribution in [0.15, 0.2) is 77.7 Å². The largest absolute Gasteiger partial charge is 0.324 e. The summed E-state index contributed by atoms with van der Waals surface area (Å²) in [6, 6.07) is 18.3. The first kappa shape index (κ1) is 22.7. The molecule has 0 fully saturated rings. The van der Waals surface area contributed by atoms with Gasteiger partial charge in [-0.15, -0.1) is 0 Å². The Hall–Kier alpha value is -3.00. The Morgan fingerprint density at radius 3 is 2.23 bits per heavy atom. The number of ketones is 1. The molecule has 0 aliphatic carbocycles. The average molecular weight is 457 g/mol. The molecule has 0 aromatic heterocycles. The third-order valence-electron chi connectivity index (χ3n) is 4.58. The van der Waals surface area contributed by atoms with Crippen LogP contribution >= 0.6 is 11.6 Å². The summed E-state index contributed by atoms with van der Waals surface area (Å²) in [5.41, 5.74) is 1.81. The zero-order valence-corrected chi connectivity index (χ0v) is 18.5. The van der Waals surface area contributed by atoms with Crippen LogP contribution in [0.25, 0.3) is 0 Å².